The summed E-state index contributed by atoms with van der Waals surface area (Å²) in [6, 6.07) is 9.52. The average molecular weight is 264 g/mol. The van der Waals surface area contributed by atoms with E-state index in [9.17, 15) is 0 Å². The van der Waals surface area contributed by atoms with Gasteiger partial charge in [-0.1, -0.05) is 11.6 Å². The van der Waals surface area contributed by atoms with Crippen LogP contribution in [0.25, 0.3) is 21.8 Å². The number of aryl methyl sites for hydroxylation is 2. The zero-order valence-corrected chi connectivity index (χ0v) is 12.3. The molecule has 0 saturated carbocycles. The minimum Gasteiger partial charge on any atom is -0.354 e. The van der Waals surface area contributed by atoms with Gasteiger partial charge in [-0.25, -0.2) is 0 Å². The zero-order valence-electron chi connectivity index (χ0n) is 12.3. The number of nitrogens with one attached hydrogen (secondary N) is 2. The maximum absolute atomic E-state index is 3.62. The maximum atomic E-state index is 3.62. The number of benzene rings is 2. The molecule has 0 radical (unpaired) electrons. The van der Waals surface area contributed by atoms with Gasteiger partial charge in [-0.2, -0.15) is 0 Å². The van der Waals surface area contributed by atoms with E-state index in [0.29, 0.717) is 6.04 Å². The molecule has 0 spiro atoms. The lowest BCUT2D eigenvalue weighted by atomic mass is 9.89. The molecule has 2 heterocycles. The number of aromatic amines is 1. The van der Waals surface area contributed by atoms with E-state index in [1.807, 2.05) is 0 Å². The number of aromatic nitrogens is 1. The molecule has 3 aromatic rings. The third-order valence-corrected chi connectivity index (χ3v) is 4.76. The van der Waals surface area contributed by atoms with Crippen LogP contribution in [0.5, 0.6) is 0 Å². The molecular formula is C18H20N2. The normalized spacial score (nSPS) is 18.6. The molecule has 2 heteroatoms. The molecule has 0 amide bonds. The zero-order chi connectivity index (χ0) is 13.9. The van der Waals surface area contributed by atoms with Crippen molar-refractivity contribution in [2.75, 3.05) is 6.54 Å². The van der Waals surface area contributed by atoms with Gasteiger partial charge in [0.2, 0.25) is 0 Å². The molecule has 1 aliphatic heterocycles. The molecule has 0 aliphatic carbocycles. The summed E-state index contributed by atoms with van der Waals surface area (Å²) in [5.74, 6) is 0. The standard InChI is InChI=1S/C18H20N2/c1-10-4-5-17-15(8-10)16-9-14-12(3)19-7-6-13(14)11(2)18(16)20-17/h4-5,8-9,12,19-20H,6-7H2,1-3H3. The Morgan fingerprint density at radius 1 is 1.10 bits per heavy atom. The van der Waals surface area contributed by atoms with E-state index in [1.165, 1.54) is 44.1 Å². The highest BCUT2D eigenvalue weighted by Crippen LogP contribution is 2.35. The van der Waals surface area contributed by atoms with Crippen LogP contribution in [0.3, 0.4) is 0 Å². The Hall–Kier alpha value is -1.80. The van der Waals surface area contributed by atoms with Gasteiger partial charge in [-0.15, -0.1) is 0 Å². The van der Waals surface area contributed by atoms with Crippen LogP contribution < -0.4 is 5.32 Å². The summed E-state index contributed by atoms with van der Waals surface area (Å²) >= 11 is 0. The van der Waals surface area contributed by atoms with Gasteiger partial charge in [-0.05, 0) is 68.6 Å². The molecule has 0 bridgehead atoms. The van der Waals surface area contributed by atoms with Gasteiger partial charge in [0, 0.05) is 27.8 Å². The van der Waals surface area contributed by atoms with Gasteiger partial charge < -0.3 is 10.3 Å². The predicted octanol–water partition coefficient (Wildman–Crippen LogP) is 4.14. The molecule has 1 aliphatic rings. The maximum Gasteiger partial charge on any atom is 0.0497 e. The van der Waals surface area contributed by atoms with Crippen LogP contribution >= 0.6 is 0 Å². The number of hydrogen-bond acceptors (Lipinski definition) is 1. The summed E-state index contributed by atoms with van der Waals surface area (Å²) in [5, 5.41) is 6.29. The van der Waals surface area contributed by atoms with Crippen molar-refractivity contribution in [3.8, 4) is 0 Å². The monoisotopic (exact) mass is 264 g/mol. The Labute approximate surface area is 119 Å². The highest BCUT2D eigenvalue weighted by atomic mass is 14.9. The first-order valence-corrected chi connectivity index (χ1v) is 7.43. The Morgan fingerprint density at radius 2 is 1.95 bits per heavy atom. The van der Waals surface area contributed by atoms with Crippen LogP contribution in [-0.2, 0) is 6.42 Å². The van der Waals surface area contributed by atoms with E-state index >= 15 is 0 Å². The lowest BCUT2D eigenvalue weighted by Gasteiger charge is -2.26. The first kappa shape index (κ1) is 12.0. The quantitative estimate of drug-likeness (QED) is 0.627. The van der Waals surface area contributed by atoms with Crippen molar-refractivity contribution in [2.45, 2.75) is 33.2 Å². The van der Waals surface area contributed by atoms with Crippen molar-refractivity contribution in [2.24, 2.45) is 0 Å². The Bertz CT molecular complexity index is 826. The number of rotatable bonds is 0. The molecule has 4 rings (SSSR count). The van der Waals surface area contributed by atoms with E-state index in [1.54, 1.807) is 0 Å². The molecule has 1 unspecified atom stereocenters. The topological polar surface area (TPSA) is 27.8 Å². The highest BCUT2D eigenvalue weighted by molar-refractivity contribution is 6.09. The van der Waals surface area contributed by atoms with Crippen molar-refractivity contribution in [1.29, 1.82) is 0 Å². The summed E-state index contributed by atoms with van der Waals surface area (Å²) in [6.07, 6.45) is 1.13. The highest BCUT2D eigenvalue weighted by Gasteiger charge is 2.20. The second kappa shape index (κ2) is 4.10. The molecule has 0 fully saturated rings. The molecule has 102 valence electrons. The molecule has 20 heavy (non-hydrogen) atoms. The van der Waals surface area contributed by atoms with Crippen molar-refractivity contribution >= 4 is 21.8 Å². The fraction of sp³-hybridized carbons (Fsp3) is 0.333. The summed E-state index contributed by atoms with van der Waals surface area (Å²) in [6.45, 7) is 7.78. The smallest absolute Gasteiger partial charge is 0.0497 e. The summed E-state index contributed by atoms with van der Waals surface area (Å²) in [4.78, 5) is 3.62. The summed E-state index contributed by atoms with van der Waals surface area (Å²) in [5.41, 5.74) is 8.32. The van der Waals surface area contributed by atoms with E-state index in [0.717, 1.165) is 13.0 Å². The van der Waals surface area contributed by atoms with Gasteiger partial charge in [0.25, 0.3) is 0 Å². The lowest BCUT2D eigenvalue weighted by Crippen LogP contribution is -2.28. The van der Waals surface area contributed by atoms with Gasteiger partial charge in [0.1, 0.15) is 0 Å². The van der Waals surface area contributed by atoms with Crippen molar-refractivity contribution < 1.29 is 0 Å². The van der Waals surface area contributed by atoms with E-state index in [2.05, 4.69) is 55.3 Å². The Morgan fingerprint density at radius 3 is 2.80 bits per heavy atom. The number of fused-ring (bicyclic) bond motifs is 4. The fourth-order valence-electron chi connectivity index (χ4n) is 3.62. The Balaban J connectivity index is 2.15. The van der Waals surface area contributed by atoms with Crippen molar-refractivity contribution in [1.82, 2.24) is 10.3 Å². The lowest BCUT2D eigenvalue weighted by molar-refractivity contribution is 0.540. The molecule has 2 aromatic carbocycles. The van der Waals surface area contributed by atoms with Crippen LogP contribution in [0.15, 0.2) is 24.3 Å². The largest absolute Gasteiger partial charge is 0.354 e. The van der Waals surface area contributed by atoms with Crippen LogP contribution in [-0.4, -0.2) is 11.5 Å². The molecular weight excluding hydrogens is 244 g/mol. The van der Waals surface area contributed by atoms with Crippen LogP contribution in [0.4, 0.5) is 0 Å². The van der Waals surface area contributed by atoms with Gasteiger partial charge >= 0.3 is 0 Å². The fourth-order valence-corrected chi connectivity index (χ4v) is 3.62. The van der Waals surface area contributed by atoms with E-state index in [4.69, 9.17) is 0 Å². The Kier molecular flexibility index (Phi) is 2.45. The summed E-state index contributed by atoms with van der Waals surface area (Å²) < 4.78 is 0. The second-order valence-electron chi connectivity index (χ2n) is 6.09. The predicted molar refractivity (Wildman–Crippen MR) is 85.4 cm³/mol. The van der Waals surface area contributed by atoms with Crippen molar-refractivity contribution in [3.05, 3.63) is 46.5 Å². The minimum atomic E-state index is 0.455. The molecule has 1 aromatic heterocycles. The number of hydrogen-bond donors (Lipinski definition) is 2. The van der Waals surface area contributed by atoms with E-state index < -0.39 is 0 Å². The molecule has 0 saturated heterocycles. The average Bonchev–Trinajstić information content (AvgIpc) is 2.79. The van der Waals surface area contributed by atoms with Crippen LogP contribution in [0, 0.1) is 13.8 Å². The van der Waals surface area contributed by atoms with Crippen LogP contribution in [0.2, 0.25) is 0 Å². The molecule has 2 N–H and O–H groups in total. The van der Waals surface area contributed by atoms with Gasteiger partial charge in [-0.3, -0.25) is 0 Å². The SMILES string of the molecule is Cc1ccc2[nH]c3c(C)c4c(cc3c2c1)C(C)NCC4. The minimum absolute atomic E-state index is 0.455. The molecule has 1 atom stereocenters. The van der Waals surface area contributed by atoms with E-state index in [-0.39, 0.29) is 0 Å². The van der Waals surface area contributed by atoms with Crippen molar-refractivity contribution in [3.63, 3.8) is 0 Å². The first-order valence-electron chi connectivity index (χ1n) is 7.43. The second-order valence-corrected chi connectivity index (χ2v) is 6.09. The van der Waals surface area contributed by atoms with Crippen LogP contribution in [0.1, 0.15) is 35.2 Å². The third kappa shape index (κ3) is 1.55. The van der Waals surface area contributed by atoms with Gasteiger partial charge in [0.05, 0.1) is 0 Å². The summed E-state index contributed by atoms with van der Waals surface area (Å²) in [7, 11) is 0. The third-order valence-electron chi connectivity index (χ3n) is 4.76. The first-order chi connectivity index (χ1) is 9.65. The van der Waals surface area contributed by atoms with Gasteiger partial charge in [0.15, 0.2) is 0 Å². The molecule has 2 nitrogen and oxygen atoms in total. The number of H-pyrrole nitrogens is 1.